The SMILES string of the molecule is Cc1cc2nccc(C3CCCN(C(=O)OC(C)(C)C)C3)n2n1. The summed E-state index contributed by atoms with van der Waals surface area (Å²) in [5.41, 5.74) is 2.45. The number of hydrogen-bond acceptors (Lipinski definition) is 4. The van der Waals surface area contributed by atoms with Crippen LogP contribution in [-0.2, 0) is 4.74 Å². The van der Waals surface area contributed by atoms with Gasteiger partial charge < -0.3 is 9.64 Å². The maximum absolute atomic E-state index is 12.3. The van der Waals surface area contributed by atoms with E-state index in [1.807, 2.05) is 55.4 Å². The molecule has 0 aliphatic carbocycles. The Balaban J connectivity index is 1.81. The van der Waals surface area contributed by atoms with Gasteiger partial charge in [-0.1, -0.05) is 0 Å². The number of piperidine rings is 1. The Morgan fingerprint density at radius 2 is 2.17 bits per heavy atom. The number of amides is 1. The summed E-state index contributed by atoms with van der Waals surface area (Å²) in [5, 5.41) is 4.54. The van der Waals surface area contributed by atoms with Crippen molar-refractivity contribution in [2.75, 3.05) is 13.1 Å². The minimum Gasteiger partial charge on any atom is -0.444 e. The zero-order valence-corrected chi connectivity index (χ0v) is 14.2. The fourth-order valence-corrected chi connectivity index (χ4v) is 3.05. The van der Waals surface area contributed by atoms with E-state index in [9.17, 15) is 4.79 Å². The Labute approximate surface area is 136 Å². The Hall–Kier alpha value is -2.11. The molecule has 124 valence electrons. The predicted molar refractivity (Wildman–Crippen MR) is 87.5 cm³/mol. The van der Waals surface area contributed by atoms with Crippen LogP contribution in [0.3, 0.4) is 0 Å². The third-order valence-corrected chi connectivity index (χ3v) is 4.00. The molecule has 2 aromatic heterocycles. The van der Waals surface area contributed by atoms with Crippen molar-refractivity contribution in [1.82, 2.24) is 19.5 Å². The van der Waals surface area contributed by atoms with E-state index < -0.39 is 5.60 Å². The second-order valence-electron chi connectivity index (χ2n) is 7.19. The maximum Gasteiger partial charge on any atom is 0.410 e. The number of carbonyl (C=O) groups excluding carboxylic acids is 1. The largest absolute Gasteiger partial charge is 0.444 e. The van der Waals surface area contributed by atoms with Crippen molar-refractivity contribution < 1.29 is 9.53 Å². The van der Waals surface area contributed by atoms with Gasteiger partial charge in [0.15, 0.2) is 5.65 Å². The molecule has 23 heavy (non-hydrogen) atoms. The van der Waals surface area contributed by atoms with Crippen molar-refractivity contribution in [3.63, 3.8) is 0 Å². The fraction of sp³-hybridized carbons (Fsp3) is 0.588. The third-order valence-electron chi connectivity index (χ3n) is 4.00. The van der Waals surface area contributed by atoms with Crippen LogP contribution in [0.15, 0.2) is 18.3 Å². The molecule has 0 radical (unpaired) electrons. The molecule has 0 saturated carbocycles. The van der Waals surface area contributed by atoms with E-state index in [1.54, 1.807) is 0 Å². The lowest BCUT2D eigenvalue weighted by Gasteiger charge is -2.34. The summed E-state index contributed by atoms with van der Waals surface area (Å²) in [6.07, 6.45) is 3.59. The number of aromatic nitrogens is 3. The zero-order chi connectivity index (χ0) is 16.6. The number of rotatable bonds is 1. The molecule has 0 aromatic carbocycles. The molecule has 1 aliphatic rings. The van der Waals surface area contributed by atoms with E-state index in [4.69, 9.17) is 4.74 Å². The number of likely N-dealkylation sites (tertiary alicyclic amines) is 1. The molecule has 1 aliphatic heterocycles. The Kier molecular flexibility index (Phi) is 4.00. The monoisotopic (exact) mass is 316 g/mol. The van der Waals surface area contributed by atoms with Gasteiger partial charge in [0, 0.05) is 31.3 Å². The molecular weight excluding hydrogens is 292 g/mol. The van der Waals surface area contributed by atoms with Crippen LogP contribution in [0.2, 0.25) is 0 Å². The van der Waals surface area contributed by atoms with Crippen molar-refractivity contribution in [1.29, 1.82) is 0 Å². The minimum atomic E-state index is -0.465. The molecule has 6 nitrogen and oxygen atoms in total. The summed E-state index contributed by atoms with van der Waals surface area (Å²) < 4.78 is 7.41. The normalized spacial score (nSPS) is 19.1. The number of carbonyl (C=O) groups is 1. The van der Waals surface area contributed by atoms with Gasteiger partial charge in [0.2, 0.25) is 0 Å². The van der Waals surface area contributed by atoms with E-state index in [-0.39, 0.29) is 12.0 Å². The molecule has 2 aromatic rings. The average molecular weight is 316 g/mol. The Morgan fingerprint density at radius 3 is 2.91 bits per heavy atom. The molecule has 3 rings (SSSR count). The molecule has 6 heteroatoms. The van der Waals surface area contributed by atoms with Crippen LogP contribution in [0.1, 0.15) is 50.9 Å². The molecular formula is C17H24N4O2. The molecule has 1 atom stereocenters. The molecule has 1 saturated heterocycles. The van der Waals surface area contributed by atoms with Gasteiger partial charge in [-0.25, -0.2) is 14.3 Å². The second-order valence-corrected chi connectivity index (χ2v) is 7.19. The van der Waals surface area contributed by atoms with E-state index in [2.05, 4.69) is 10.1 Å². The molecule has 1 amide bonds. The Bertz CT molecular complexity index is 717. The van der Waals surface area contributed by atoms with Gasteiger partial charge in [-0.15, -0.1) is 0 Å². The van der Waals surface area contributed by atoms with Crippen LogP contribution in [0.4, 0.5) is 4.79 Å². The van der Waals surface area contributed by atoms with E-state index in [1.165, 1.54) is 0 Å². The first kappa shape index (κ1) is 15.8. The van der Waals surface area contributed by atoms with Crippen LogP contribution in [0.25, 0.3) is 5.65 Å². The number of nitrogens with zero attached hydrogens (tertiary/aromatic N) is 4. The highest BCUT2D eigenvalue weighted by atomic mass is 16.6. The lowest BCUT2D eigenvalue weighted by Crippen LogP contribution is -2.42. The minimum absolute atomic E-state index is 0.232. The van der Waals surface area contributed by atoms with Crippen LogP contribution < -0.4 is 0 Å². The van der Waals surface area contributed by atoms with Gasteiger partial charge in [0.25, 0.3) is 0 Å². The highest BCUT2D eigenvalue weighted by Gasteiger charge is 2.29. The highest BCUT2D eigenvalue weighted by Crippen LogP contribution is 2.28. The topological polar surface area (TPSA) is 59.7 Å². The molecule has 3 heterocycles. The van der Waals surface area contributed by atoms with Crippen LogP contribution >= 0.6 is 0 Å². The summed E-state index contributed by atoms with van der Waals surface area (Å²) >= 11 is 0. The summed E-state index contributed by atoms with van der Waals surface area (Å²) in [7, 11) is 0. The highest BCUT2D eigenvalue weighted by molar-refractivity contribution is 5.68. The number of hydrogen-bond donors (Lipinski definition) is 0. The van der Waals surface area contributed by atoms with Crippen molar-refractivity contribution in [2.24, 2.45) is 0 Å². The van der Waals surface area contributed by atoms with Gasteiger partial charge in [-0.2, -0.15) is 5.10 Å². The van der Waals surface area contributed by atoms with E-state index >= 15 is 0 Å². The summed E-state index contributed by atoms with van der Waals surface area (Å²) in [5.74, 6) is 0.251. The van der Waals surface area contributed by atoms with Crippen LogP contribution in [0.5, 0.6) is 0 Å². The maximum atomic E-state index is 12.3. The quantitative estimate of drug-likeness (QED) is 0.811. The fourth-order valence-electron chi connectivity index (χ4n) is 3.05. The Morgan fingerprint density at radius 1 is 1.39 bits per heavy atom. The average Bonchev–Trinajstić information content (AvgIpc) is 2.85. The van der Waals surface area contributed by atoms with Crippen LogP contribution in [0, 0.1) is 6.92 Å². The lowest BCUT2D eigenvalue weighted by molar-refractivity contribution is 0.0196. The summed E-state index contributed by atoms with van der Waals surface area (Å²) in [6.45, 7) is 9.05. The zero-order valence-electron chi connectivity index (χ0n) is 14.2. The van der Waals surface area contributed by atoms with Gasteiger partial charge in [-0.3, -0.25) is 0 Å². The number of ether oxygens (including phenoxy) is 1. The van der Waals surface area contributed by atoms with Crippen LogP contribution in [-0.4, -0.2) is 44.3 Å². The third kappa shape index (κ3) is 3.46. The van der Waals surface area contributed by atoms with Gasteiger partial charge in [0.05, 0.1) is 11.4 Å². The van der Waals surface area contributed by atoms with Crippen molar-refractivity contribution >= 4 is 11.7 Å². The van der Waals surface area contributed by atoms with Crippen molar-refractivity contribution in [2.45, 2.75) is 52.1 Å². The lowest BCUT2D eigenvalue weighted by atomic mass is 9.95. The van der Waals surface area contributed by atoms with Gasteiger partial charge >= 0.3 is 6.09 Å². The summed E-state index contributed by atoms with van der Waals surface area (Å²) in [6, 6.07) is 3.97. The first-order chi connectivity index (χ1) is 10.8. The summed E-state index contributed by atoms with van der Waals surface area (Å²) in [4.78, 5) is 18.5. The van der Waals surface area contributed by atoms with E-state index in [0.717, 1.165) is 36.4 Å². The molecule has 1 fully saturated rings. The second kappa shape index (κ2) is 5.83. The molecule has 0 spiro atoms. The molecule has 0 bridgehead atoms. The first-order valence-electron chi connectivity index (χ1n) is 8.13. The number of aryl methyl sites for hydroxylation is 1. The van der Waals surface area contributed by atoms with Crippen molar-refractivity contribution in [3.8, 4) is 0 Å². The smallest absolute Gasteiger partial charge is 0.410 e. The first-order valence-corrected chi connectivity index (χ1v) is 8.13. The standard InChI is InChI=1S/C17H24N4O2/c1-12-10-15-18-8-7-14(21(15)19-12)13-6-5-9-20(11-13)16(22)23-17(2,3)4/h7-8,10,13H,5-6,9,11H2,1-4H3. The van der Waals surface area contributed by atoms with E-state index in [0.29, 0.717) is 6.54 Å². The predicted octanol–water partition coefficient (Wildman–Crippen LogP) is 3.15. The molecule has 0 N–H and O–H groups in total. The van der Waals surface area contributed by atoms with Gasteiger partial charge in [-0.05, 0) is 46.6 Å². The molecule has 1 unspecified atom stereocenters. The van der Waals surface area contributed by atoms with Crippen molar-refractivity contribution in [3.05, 3.63) is 29.7 Å². The van der Waals surface area contributed by atoms with Gasteiger partial charge in [0.1, 0.15) is 5.60 Å². The number of fused-ring (bicyclic) bond motifs is 1.